The van der Waals surface area contributed by atoms with Crippen molar-refractivity contribution < 1.29 is 18.7 Å². The molecule has 0 spiro atoms. The van der Waals surface area contributed by atoms with Crippen LogP contribution in [0.2, 0.25) is 0 Å². The number of carbonyl (C=O) groups excluding carboxylic acids is 2. The molecule has 0 saturated heterocycles. The van der Waals surface area contributed by atoms with Crippen LogP contribution in [0, 0.1) is 0 Å². The maximum absolute atomic E-state index is 11.8. The average Bonchev–Trinajstić information content (AvgIpc) is 2.89. The Morgan fingerprint density at radius 2 is 2.10 bits per heavy atom. The second-order valence-corrected chi connectivity index (χ2v) is 3.93. The van der Waals surface area contributed by atoms with E-state index < -0.39 is 11.9 Å². The number of para-hydroxylation sites is 1. The summed E-state index contributed by atoms with van der Waals surface area (Å²) < 4.78 is 10.6. The summed E-state index contributed by atoms with van der Waals surface area (Å²) in [5.41, 5.74) is 4.94. The maximum Gasteiger partial charge on any atom is 0.333 e. The van der Waals surface area contributed by atoms with Gasteiger partial charge >= 0.3 is 11.9 Å². The number of ether oxygens (including phenoxy) is 1. The van der Waals surface area contributed by atoms with E-state index in [9.17, 15) is 9.59 Å². The van der Waals surface area contributed by atoms with Crippen LogP contribution in [0.4, 0.5) is 4.79 Å². The Kier molecular flexibility index (Phi) is 4.09. The van der Waals surface area contributed by atoms with Gasteiger partial charge < -0.3 is 14.5 Å². The number of hydrogen-bond acceptors (Lipinski definition) is 4. The maximum atomic E-state index is 11.8. The van der Waals surface area contributed by atoms with Crippen molar-refractivity contribution in [3.8, 4) is 5.75 Å². The highest BCUT2D eigenvalue weighted by molar-refractivity contribution is 5.97. The van der Waals surface area contributed by atoms with E-state index in [4.69, 9.17) is 9.15 Å². The summed E-state index contributed by atoms with van der Waals surface area (Å²) >= 11 is 0. The minimum absolute atomic E-state index is 0.0845. The van der Waals surface area contributed by atoms with Gasteiger partial charge in [0.1, 0.15) is 0 Å². The van der Waals surface area contributed by atoms with Gasteiger partial charge in [-0.3, -0.25) is 10.2 Å². The van der Waals surface area contributed by atoms with Crippen LogP contribution in [0.3, 0.4) is 0 Å². The number of hydrogen-bond donors (Lipinski definition) is 3. The Morgan fingerprint density at radius 3 is 2.80 bits per heavy atom. The van der Waals surface area contributed by atoms with Gasteiger partial charge in [0.15, 0.2) is 17.1 Å². The summed E-state index contributed by atoms with van der Waals surface area (Å²) in [6.45, 7) is 2.23. The van der Waals surface area contributed by atoms with Crippen LogP contribution in [0.5, 0.6) is 5.75 Å². The second kappa shape index (κ2) is 5.96. The SMILES string of the molecule is CCNC(=O)NNC(=O)c1cc2cccc(OC)c2o1. The highest BCUT2D eigenvalue weighted by atomic mass is 16.5. The molecule has 2 rings (SSSR count). The van der Waals surface area contributed by atoms with Crippen LogP contribution in [0.25, 0.3) is 11.0 Å². The lowest BCUT2D eigenvalue weighted by Crippen LogP contribution is -2.46. The molecule has 0 aliphatic carbocycles. The molecule has 0 fully saturated rings. The van der Waals surface area contributed by atoms with Gasteiger partial charge in [-0.1, -0.05) is 12.1 Å². The third-order valence-electron chi connectivity index (χ3n) is 2.58. The molecule has 0 aliphatic heterocycles. The summed E-state index contributed by atoms with van der Waals surface area (Å²) in [5, 5.41) is 3.22. The summed E-state index contributed by atoms with van der Waals surface area (Å²) in [6, 6.07) is 6.42. The van der Waals surface area contributed by atoms with Gasteiger partial charge in [-0.15, -0.1) is 0 Å². The zero-order valence-electron chi connectivity index (χ0n) is 11.1. The van der Waals surface area contributed by atoms with Crippen LogP contribution in [-0.2, 0) is 0 Å². The second-order valence-electron chi connectivity index (χ2n) is 3.93. The Hall–Kier alpha value is -2.70. The molecule has 3 amide bonds. The normalized spacial score (nSPS) is 10.1. The number of fused-ring (bicyclic) bond motifs is 1. The zero-order valence-corrected chi connectivity index (χ0v) is 11.1. The summed E-state index contributed by atoms with van der Waals surface area (Å²) in [5.74, 6) is 0.0778. The summed E-state index contributed by atoms with van der Waals surface area (Å²) in [6.07, 6.45) is 0. The van der Waals surface area contributed by atoms with E-state index in [1.165, 1.54) is 7.11 Å². The topological polar surface area (TPSA) is 92.6 Å². The summed E-state index contributed by atoms with van der Waals surface area (Å²) in [4.78, 5) is 23.0. The molecule has 3 N–H and O–H groups in total. The third kappa shape index (κ3) is 2.82. The molecule has 1 aromatic heterocycles. The van der Waals surface area contributed by atoms with Crippen molar-refractivity contribution in [3.05, 3.63) is 30.0 Å². The Labute approximate surface area is 115 Å². The van der Waals surface area contributed by atoms with Crippen molar-refractivity contribution >= 4 is 22.9 Å². The van der Waals surface area contributed by atoms with E-state index in [2.05, 4.69) is 16.2 Å². The monoisotopic (exact) mass is 277 g/mol. The first-order chi connectivity index (χ1) is 9.65. The van der Waals surface area contributed by atoms with E-state index in [0.29, 0.717) is 17.9 Å². The fraction of sp³-hybridized carbons (Fsp3) is 0.231. The number of methoxy groups -OCH3 is 1. The van der Waals surface area contributed by atoms with Crippen molar-refractivity contribution in [2.24, 2.45) is 0 Å². The molecule has 0 radical (unpaired) electrons. The number of nitrogens with one attached hydrogen (secondary N) is 3. The van der Waals surface area contributed by atoms with Crippen molar-refractivity contribution in [2.75, 3.05) is 13.7 Å². The number of furan rings is 1. The molecule has 1 aromatic carbocycles. The van der Waals surface area contributed by atoms with Crippen LogP contribution >= 0.6 is 0 Å². The molecule has 0 unspecified atom stereocenters. The molecule has 0 aliphatic rings. The average molecular weight is 277 g/mol. The number of hydrazine groups is 1. The van der Waals surface area contributed by atoms with E-state index in [1.54, 1.807) is 31.2 Å². The minimum Gasteiger partial charge on any atom is -0.493 e. The first-order valence-electron chi connectivity index (χ1n) is 6.06. The standard InChI is InChI=1S/C13H15N3O4/c1-3-14-13(18)16-15-12(17)10-7-8-5-4-6-9(19-2)11(8)20-10/h4-7H,3H2,1-2H3,(H,15,17)(H2,14,16,18). The molecular weight excluding hydrogens is 262 g/mol. The van der Waals surface area contributed by atoms with Crippen LogP contribution < -0.4 is 20.9 Å². The third-order valence-corrected chi connectivity index (χ3v) is 2.58. The van der Waals surface area contributed by atoms with Crippen LogP contribution in [0.15, 0.2) is 28.7 Å². The van der Waals surface area contributed by atoms with E-state index in [0.717, 1.165) is 5.39 Å². The predicted molar refractivity (Wildman–Crippen MR) is 72.4 cm³/mol. The summed E-state index contributed by atoms with van der Waals surface area (Å²) in [7, 11) is 1.52. The lowest BCUT2D eigenvalue weighted by Gasteiger charge is -2.05. The smallest absolute Gasteiger partial charge is 0.333 e. The van der Waals surface area contributed by atoms with E-state index >= 15 is 0 Å². The van der Waals surface area contributed by atoms with E-state index in [-0.39, 0.29) is 5.76 Å². The van der Waals surface area contributed by atoms with Gasteiger partial charge in [-0.25, -0.2) is 10.2 Å². The van der Waals surface area contributed by atoms with Crippen LogP contribution in [-0.4, -0.2) is 25.6 Å². The molecule has 0 saturated carbocycles. The molecule has 1 heterocycles. The number of amides is 3. The Morgan fingerprint density at radius 1 is 1.30 bits per heavy atom. The van der Waals surface area contributed by atoms with Crippen molar-refractivity contribution in [3.63, 3.8) is 0 Å². The van der Waals surface area contributed by atoms with Gasteiger partial charge in [0.2, 0.25) is 0 Å². The molecule has 0 bridgehead atoms. The number of urea groups is 1. The molecule has 7 nitrogen and oxygen atoms in total. The molecule has 2 aromatic rings. The van der Waals surface area contributed by atoms with Gasteiger partial charge in [-0.2, -0.15) is 0 Å². The Balaban J connectivity index is 2.13. The fourth-order valence-corrected chi connectivity index (χ4v) is 1.69. The molecule has 7 heteroatoms. The first kappa shape index (κ1) is 13.7. The fourth-order valence-electron chi connectivity index (χ4n) is 1.69. The highest BCUT2D eigenvalue weighted by Gasteiger charge is 2.15. The van der Waals surface area contributed by atoms with Gasteiger partial charge in [0, 0.05) is 11.9 Å². The first-order valence-corrected chi connectivity index (χ1v) is 6.06. The van der Waals surface area contributed by atoms with Gasteiger partial charge in [0.05, 0.1) is 7.11 Å². The van der Waals surface area contributed by atoms with Gasteiger partial charge in [-0.05, 0) is 19.1 Å². The molecule has 106 valence electrons. The largest absolute Gasteiger partial charge is 0.493 e. The van der Waals surface area contributed by atoms with E-state index in [1.807, 2.05) is 0 Å². The minimum atomic E-state index is -0.547. The lowest BCUT2D eigenvalue weighted by atomic mass is 10.2. The highest BCUT2D eigenvalue weighted by Crippen LogP contribution is 2.28. The molecular formula is C13H15N3O4. The van der Waals surface area contributed by atoms with Crippen molar-refractivity contribution in [2.45, 2.75) is 6.92 Å². The van der Waals surface area contributed by atoms with Crippen molar-refractivity contribution in [1.82, 2.24) is 16.2 Å². The lowest BCUT2D eigenvalue weighted by molar-refractivity contribution is 0.0910. The zero-order chi connectivity index (χ0) is 14.5. The molecule has 20 heavy (non-hydrogen) atoms. The van der Waals surface area contributed by atoms with Crippen molar-refractivity contribution in [1.29, 1.82) is 0 Å². The number of rotatable bonds is 3. The molecule has 0 atom stereocenters. The Bertz CT molecular complexity index is 636. The quantitative estimate of drug-likeness (QED) is 0.739. The van der Waals surface area contributed by atoms with Gasteiger partial charge in [0.25, 0.3) is 0 Å². The van der Waals surface area contributed by atoms with Crippen LogP contribution in [0.1, 0.15) is 17.5 Å². The number of carbonyl (C=O) groups is 2. The predicted octanol–water partition coefficient (Wildman–Crippen LogP) is 1.41. The number of benzene rings is 1.